The normalized spacial score (nSPS) is 11.4. The van der Waals surface area contributed by atoms with Gasteiger partial charge >= 0.3 is 0 Å². The summed E-state index contributed by atoms with van der Waals surface area (Å²) >= 11 is 0. The van der Waals surface area contributed by atoms with E-state index < -0.39 is 6.04 Å². The number of hydrogen-bond donors (Lipinski definition) is 1. The Kier molecular flexibility index (Phi) is 7.22. The minimum absolute atomic E-state index is 0.140. The van der Waals surface area contributed by atoms with Crippen molar-refractivity contribution in [2.75, 3.05) is 14.2 Å². The molecule has 1 N–H and O–H groups in total. The summed E-state index contributed by atoms with van der Waals surface area (Å²) in [6.07, 6.45) is 0.422. The zero-order chi connectivity index (χ0) is 21.3. The van der Waals surface area contributed by atoms with E-state index in [0.717, 1.165) is 16.9 Å². The van der Waals surface area contributed by atoms with E-state index in [9.17, 15) is 9.59 Å². The smallest absolute Gasteiger partial charge is 0.251 e. The Morgan fingerprint density at radius 2 is 1.47 bits per heavy atom. The largest absolute Gasteiger partial charge is 0.497 e. The second-order valence-corrected chi connectivity index (χ2v) is 7.12. The number of nitrogens with zero attached hydrogens (tertiary/aromatic N) is 1. The van der Waals surface area contributed by atoms with Crippen LogP contribution in [0.15, 0.2) is 84.9 Å². The van der Waals surface area contributed by atoms with Gasteiger partial charge in [0.1, 0.15) is 11.8 Å². The zero-order valence-corrected chi connectivity index (χ0v) is 17.2. The van der Waals surface area contributed by atoms with Crippen LogP contribution in [0.1, 0.15) is 21.5 Å². The minimum atomic E-state index is -0.664. The number of methoxy groups -OCH3 is 1. The number of benzene rings is 3. The summed E-state index contributed by atoms with van der Waals surface area (Å²) in [5, 5.41) is 2.92. The standard InChI is InChI=1S/C25H26N2O3/c1-27(18-20-13-15-22(30-2)16-14-20)25(29)23(17-19-9-5-3-6-10-19)26-24(28)21-11-7-4-8-12-21/h3-16,23H,17-18H2,1-2H3,(H,26,28). The maximum atomic E-state index is 13.2. The Morgan fingerprint density at radius 1 is 0.867 bits per heavy atom. The van der Waals surface area contributed by atoms with Gasteiger partial charge in [-0.05, 0) is 35.4 Å². The van der Waals surface area contributed by atoms with Crippen molar-refractivity contribution in [1.82, 2.24) is 10.2 Å². The molecule has 0 bridgehead atoms. The van der Waals surface area contributed by atoms with Crippen LogP contribution >= 0.6 is 0 Å². The van der Waals surface area contributed by atoms with Crippen LogP contribution in [-0.2, 0) is 17.8 Å². The highest BCUT2D eigenvalue weighted by molar-refractivity contribution is 5.97. The number of likely N-dealkylation sites (N-methyl/N-ethyl adjacent to an activating group) is 1. The van der Waals surface area contributed by atoms with Crippen molar-refractivity contribution in [2.45, 2.75) is 19.0 Å². The van der Waals surface area contributed by atoms with Crippen molar-refractivity contribution in [3.63, 3.8) is 0 Å². The van der Waals surface area contributed by atoms with Crippen molar-refractivity contribution in [1.29, 1.82) is 0 Å². The van der Waals surface area contributed by atoms with Gasteiger partial charge in [-0.3, -0.25) is 9.59 Å². The van der Waals surface area contributed by atoms with Gasteiger partial charge in [0.15, 0.2) is 0 Å². The quantitative estimate of drug-likeness (QED) is 0.625. The number of hydrogen-bond acceptors (Lipinski definition) is 3. The fourth-order valence-corrected chi connectivity index (χ4v) is 3.23. The molecule has 0 saturated carbocycles. The summed E-state index contributed by atoms with van der Waals surface area (Å²) in [7, 11) is 3.37. The van der Waals surface area contributed by atoms with Crippen LogP contribution in [0.5, 0.6) is 5.75 Å². The first kappa shape index (κ1) is 21.1. The molecule has 0 saturated heterocycles. The molecular weight excluding hydrogens is 376 g/mol. The number of amides is 2. The summed E-state index contributed by atoms with van der Waals surface area (Å²) in [6.45, 7) is 0.440. The molecule has 3 aromatic carbocycles. The van der Waals surface area contributed by atoms with Crippen LogP contribution in [0.25, 0.3) is 0 Å². The molecule has 0 aliphatic heterocycles. The fraction of sp³-hybridized carbons (Fsp3) is 0.200. The van der Waals surface area contributed by atoms with E-state index in [1.165, 1.54) is 0 Å². The first-order valence-electron chi connectivity index (χ1n) is 9.84. The van der Waals surface area contributed by atoms with E-state index in [1.807, 2.05) is 60.7 Å². The molecule has 5 nitrogen and oxygen atoms in total. The molecule has 0 aliphatic rings. The van der Waals surface area contributed by atoms with Gasteiger partial charge in [-0.25, -0.2) is 0 Å². The van der Waals surface area contributed by atoms with Gasteiger partial charge in [0.05, 0.1) is 7.11 Å². The van der Waals surface area contributed by atoms with Crippen LogP contribution in [0.3, 0.4) is 0 Å². The number of ether oxygens (including phenoxy) is 1. The molecule has 0 spiro atoms. The lowest BCUT2D eigenvalue weighted by atomic mass is 10.0. The maximum absolute atomic E-state index is 13.2. The molecule has 1 unspecified atom stereocenters. The fourth-order valence-electron chi connectivity index (χ4n) is 3.23. The van der Waals surface area contributed by atoms with Crippen LogP contribution < -0.4 is 10.1 Å². The highest BCUT2D eigenvalue weighted by atomic mass is 16.5. The van der Waals surface area contributed by atoms with Crippen LogP contribution in [0.2, 0.25) is 0 Å². The summed E-state index contributed by atoms with van der Waals surface area (Å²) in [5.74, 6) is 0.367. The lowest BCUT2D eigenvalue weighted by molar-refractivity contribution is -0.132. The summed E-state index contributed by atoms with van der Waals surface area (Å²) in [4.78, 5) is 27.6. The molecule has 154 valence electrons. The third kappa shape index (κ3) is 5.70. The maximum Gasteiger partial charge on any atom is 0.251 e. The lowest BCUT2D eigenvalue weighted by Gasteiger charge is -2.25. The Balaban J connectivity index is 1.75. The predicted molar refractivity (Wildman–Crippen MR) is 117 cm³/mol. The van der Waals surface area contributed by atoms with Crippen molar-refractivity contribution in [3.05, 3.63) is 102 Å². The number of nitrogens with one attached hydrogen (secondary N) is 1. The molecule has 30 heavy (non-hydrogen) atoms. The molecule has 3 aromatic rings. The second kappa shape index (κ2) is 10.3. The molecule has 1 atom stereocenters. The predicted octanol–water partition coefficient (Wildman–Crippen LogP) is 3.69. The van der Waals surface area contributed by atoms with Crippen molar-refractivity contribution >= 4 is 11.8 Å². The van der Waals surface area contributed by atoms with Gasteiger partial charge in [0, 0.05) is 25.6 Å². The molecule has 0 aromatic heterocycles. The number of carbonyl (C=O) groups excluding carboxylic acids is 2. The van der Waals surface area contributed by atoms with E-state index in [4.69, 9.17) is 4.74 Å². The monoisotopic (exact) mass is 402 g/mol. The van der Waals surface area contributed by atoms with Gasteiger partial charge in [-0.1, -0.05) is 60.7 Å². The summed E-state index contributed by atoms with van der Waals surface area (Å²) < 4.78 is 5.18. The molecule has 0 radical (unpaired) electrons. The first-order chi connectivity index (χ1) is 14.6. The number of carbonyl (C=O) groups is 2. The highest BCUT2D eigenvalue weighted by Crippen LogP contribution is 2.14. The SMILES string of the molecule is COc1ccc(CN(C)C(=O)C(Cc2ccccc2)NC(=O)c2ccccc2)cc1. The molecule has 2 amide bonds. The van der Waals surface area contributed by atoms with Gasteiger partial charge in [0.2, 0.25) is 5.91 Å². The van der Waals surface area contributed by atoms with Gasteiger partial charge in [-0.15, -0.1) is 0 Å². The van der Waals surface area contributed by atoms with Crippen LogP contribution in [0, 0.1) is 0 Å². The van der Waals surface area contributed by atoms with Crippen LogP contribution in [0.4, 0.5) is 0 Å². The third-order valence-electron chi connectivity index (χ3n) is 4.88. The van der Waals surface area contributed by atoms with Gasteiger partial charge < -0.3 is 15.0 Å². The molecule has 0 aliphatic carbocycles. The van der Waals surface area contributed by atoms with Crippen LogP contribution in [-0.4, -0.2) is 36.9 Å². The Hall–Kier alpha value is -3.60. The molecule has 3 rings (SSSR count). The topological polar surface area (TPSA) is 58.6 Å². The summed E-state index contributed by atoms with van der Waals surface area (Å²) in [6, 6.07) is 25.6. The highest BCUT2D eigenvalue weighted by Gasteiger charge is 2.25. The summed E-state index contributed by atoms with van der Waals surface area (Å²) in [5.41, 5.74) is 2.50. The Labute approximate surface area is 177 Å². The average molecular weight is 402 g/mol. The van der Waals surface area contributed by atoms with E-state index in [1.54, 1.807) is 43.3 Å². The zero-order valence-electron chi connectivity index (χ0n) is 17.2. The van der Waals surface area contributed by atoms with Crippen molar-refractivity contribution < 1.29 is 14.3 Å². The molecular formula is C25H26N2O3. The molecule has 0 fully saturated rings. The Morgan fingerprint density at radius 3 is 2.07 bits per heavy atom. The van der Waals surface area contributed by atoms with E-state index >= 15 is 0 Å². The Bertz CT molecular complexity index is 957. The molecule has 0 heterocycles. The molecule has 5 heteroatoms. The van der Waals surface area contributed by atoms with E-state index in [2.05, 4.69) is 5.32 Å². The minimum Gasteiger partial charge on any atom is -0.497 e. The number of rotatable bonds is 8. The van der Waals surface area contributed by atoms with Crippen molar-refractivity contribution in [2.24, 2.45) is 0 Å². The van der Waals surface area contributed by atoms with Gasteiger partial charge in [0.25, 0.3) is 5.91 Å². The second-order valence-electron chi connectivity index (χ2n) is 7.12. The van der Waals surface area contributed by atoms with E-state index in [0.29, 0.717) is 18.5 Å². The average Bonchev–Trinajstić information content (AvgIpc) is 2.79. The van der Waals surface area contributed by atoms with Crippen molar-refractivity contribution in [3.8, 4) is 5.75 Å². The van der Waals surface area contributed by atoms with Gasteiger partial charge in [-0.2, -0.15) is 0 Å². The third-order valence-corrected chi connectivity index (χ3v) is 4.88. The van der Waals surface area contributed by atoms with E-state index in [-0.39, 0.29) is 11.8 Å². The lowest BCUT2D eigenvalue weighted by Crippen LogP contribution is -2.48. The first-order valence-corrected chi connectivity index (χ1v) is 9.84.